The zero-order valence-electron chi connectivity index (χ0n) is 20.4. The van der Waals surface area contributed by atoms with Crippen molar-refractivity contribution in [3.05, 3.63) is 59.2 Å². The van der Waals surface area contributed by atoms with E-state index >= 15 is 0 Å². The third-order valence-electron chi connectivity index (χ3n) is 9.41. The third-order valence-corrected chi connectivity index (χ3v) is 9.41. The maximum atomic E-state index is 12.6. The van der Waals surface area contributed by atoms with Crippen LogP contribution in [0.3, 0.4) is 0 Å². The number of ether oxygens (including phenoxy) is 1. The summed E-state index contributed by atoms with van der Waals surface area (Å²) in [5, 5.41) is 23.0. The first-order valence-corrected chi connectivity index (χ1v) is 13.2. The quantitative estimate of drug-likeness (QED) is 0.685. The third kappa shape index (κ3) is 3.64. The number of benzene rings is 2. The molecule has 5 heteroatoms. The number of para-hydroxylation sites is 1. The summed E-state index contributed by atoms with van der Waals surface area (Å²) in [5.74, 6) is 2.10. The van der Waals surface area contributed by atoms with Gasteiger partial charge < -0.3 is 19.8 Å². The smallest absolute Gasteiger partial charge is 0.122 e. The highest BCUT2D eigenvalue weighted by atomic mass is 16.5. The van der Waals surface area contributed by atoms with Gasteiger partial charge in [-0.3, -0.25) is 4.90 Å². The number of aliphatic hydroxyl groups is 1. The van der Waals surface area contributed by atoms with Gasteiger partial charge in [-0.15, -0.1) is 0 Å². The van der Waals surface area contributed by atoms with Crippen molar-refractivity contribution in [2.45, 2.75) is 62.0 Å². The molecule has 2 aliphatic carbocycles. The van der Waals surface area contributed by atoms with Crippen LogP contribution in [0.4, 0.5) is 0 Å². The Hall–Kier alpha value is -2.08. The van der Waals surface area contributed by atoms with Gasteiger partial charge in [-0.1, -0.05) is 24.3 Å². The summed E-state index contributed by atoms with van der Waals surface area (Å²) in [5.41, 5.74) is 2.76. The van der Waals surface area contributed by atoms with Crippen LogP contribution >= 0.6 is 0 Å². The normalized spacial score (nSPS) is 31.4. The minimum Gasteiger partial charge on any atom is -0.508 e. The number of piperidine rings is 1. The Kier molecular flexibility index (Phi) is 5.63. The molecule has 3 fully saturated rings. The summed E-state index contributed by atoms with van der Waals surface area (Å²) in [6, 6.07) is 14.4. The van der Waals surface area contributed by atoms with Crippen molar-refractivity contribution in [1.29, 1.82) is 0 Å². The Morgan fingerprint density at radius 1 is 1.03 bits per heavy atom. The first-order chi connectivity index (χ1) is 16.5. The highest BCUT2D eigenvalue weighted by Crippen LogP contribution is 2.56. The molecule has 2 aromatic carbocycles. The van der Waals surface area contributed by atoms with E-state index in [2.05, 4.69) is 28.0 Å². The second kappa shape index (κ2) is 8.54. The maximum absolute atomic E-state index is 12.6. The number of nitrogens with zero attached hydrogens (tertiary/aromatic N) is 2. The van der Waals surface area contributed by atoms with Gasteiger partial charge in [-0.25, -0.2) is 0 Å². The second-order valence-electron chi connectivity index (χ2n) is 11.2. The van der Waals surface area contributed by atoms with Crippen LogP contribution in [0, 0.1) is 5.92 Å². The number of phenolic OH excluding ortho intramolecular Hbond substituents is 1. The second-order valence-corrected chi connectivity index (χ2v) is 11.2. The van der Waals surface area contributed by atoms with Crippen molar-refractivity contribution in [3.63, 3.8) is 0 Å². The molecule has 0 spiro atoms. The summed E-state index contributed by atoms with van der Waals surface area (Å²) in [6.07, 6.45) is 7.23. The fourth-order valence-corrected chi connectivity index (χ4v) is 7.32. The molecule has 2 saturated heterocycles. The first-order valence-electron chi connectivity index (χ1n) is 13.2. The molecule has 2 aromatic rings. The van der Waals surface area contributed by atoms with E-state index in [1.165, 1.54) is 29.5 Å². The lowest BCUT2D eigenvalue weighted by molar-refractivity contribution is -0.149. The van der Waals surface area contributed by atoms with Crippen molar-refractivity contribution < 1.29 is 14.9 Å². The van der Waals surface area contributed by atoms with E-state index in [1.54, 1.807) is 7.11 Å². The van der Waals surface area contributed by atoms with E-state index in [-0.39, 0.29) is 11.5 Å². The van der Waals surface area contributed by atoms with E-state index in [0.717, 1.165) is 76.5 Å². The fourth-order valence-electron chi connectivity index (χ4n) is 7.32. The predicted molar refractivity (Wildman–Crippen MR) is 134 cm³/mol. The molecule has 0 radical (unpaired) electrons. The van der Waals surface area contributed by atoms with Gasteiger partial charge in [-0.2, -0.15) is 0 Å². The number of hydrogen-bond acceptors (Lipinski definition) is 5. The summed E-state index contributed by atoms with van der Waals surface area (Å²) in [4.78, 5) is 5.16. The lowest BCUT2D eigenvalue weighted by atomic mass is 9.52. The topological polar surface area (TPSA) is 56.2 Å². The number of rotatable bonds is 6. The average molecular weight is 463 g/mol. The molecule has 2 N–H and O–H groups in total. The summed E-state index contributed by atoms with van der Waals surface area (Å²) in [7, 11) is 1.74. The fraction of sp³-hybridized carbons (Fsp3) is 0.586. The molecule has 6 rings (SSSR count). The molecule has 4 aliphatic rings. The summed E-state index contributed by atoms with van der Waals surface area (Å²) < 4.78 is 5.57. The summed E-state index contributed by atoms with van der Waals surface area (Å²) in [6.45, 7) is 5.04. The molecule has 34 heavy (non-hydrogen) atoms. The maximum Gasteiger partial charge on any atom is 0.122 e. The van der Waals surface area contributed by atoms with E-state index in [1.807, 2.05) is 24.3 Å². The van der Waals surface area contributed by atoms with Crippen molar-refractivity contribution in [2.75, 3.05) is 39.8 Å². The molecule has 3 unspecified atom stereocenters. The zero-order valence-corrected chi connectivity index (χ0v) is 20.4. The highest BCUT2D eigenvalue weighted by Gasteiger charge is 2.63. The van der Waals surface area contributed by atoms with E-state index in [9.17, 15) is 10.2 Å². The average Bonchev–Trinajstić information content (AvgIpc) is 3.67. The highest BCUT2D eigenvalue weighted by molar-refractivity contribution is 5.48. The minimum absolute atomic E-state index is 0.174. The van der Waals surface area contributed by atoms with Gasteiger partial charge in [0.2, 0.25) is 0 Å². The monoisotopic (exact) mass is 462 g/mol. The number of fused-ring (bicyclic) bond motifs is 1. The standard InChI is InChI=1S/C29H38N2O3/c1-34-26-5-3-2-4-22(26)10-14-30-15-11-28-12-17-31(20-21-6-7-21)27(29(28,33)13-16-30)18-23-8-9-24(32)19-25(23)28/h2-5,8-9,19,21,27,32-33H,6-7,10-18,20H2,1H3. The van der Waals surface area contributed by atoms with Crippen molar-refractivity contribution in [2.24, 2.45) is 5.92 Å². The predicted octanol–water partition coefficient (Wildman–Crippen LogP) is 3.75. The van der Waals surface area contributed by atoms with Crippen molar-refractivity contribution >= 4 is 0 Å². The van der Waals surface area contributed by atoms with Gasteiger partial charge in [0.25, 0.3) is 0 Å². The summed E-state index contributed by atoms with van der Waals surface area (Å²) >= 11 is 0. The van der Waals surface area contributed by atoms with Crippen molar-refractivity contribution in [1.82, 2.24) is 9.80 Å². The number of methoxy groups -OCH3 is 1. The largest absolute Gasteiger partial charge is 0.508 e. The van der Waals surface area contributed by atoms with Gasteiger partial charge in [0.05, 0.1) is 12.7 Å². The van der Waals surface area contributed by atoms with E-state index in [4.69, 9.17) is 4.74 Å². The van der Waals surface area contributed by atoms with Crippen LogP contribution in [0.15, 0.2) is 42.5 Å². The minimum atomic E-state index is -0.750. The van der Waals surface area contributed by atoms with Crippen molar-refractivity contribution in [3.8, 4) is 11.5 Å². The van der Waals surface area contributed by atoms with E-state index in [0.29, 0.717) is 5.75 Å². The molecular weight excluding hydrogens is 424 g/mol. The van der Waals surface area contributed by atoms with Crippen LogP contribution in [-0.4, -0.2) is 71.5 Å². The lowest BCUT2D eigenvalue weighted by Crippen LogP contribution is -2.71. The molecule has 0 aromatic heterocycles. The van der Waals surface area contributed by atoms with Gasteiger partial charge in [-0.05, 0) is 98.8 Å². The van der Waals surface area contributed by atoms with Crippen LogP contribution in [0.2, 0.25) is 0 Å². The first kappa shape index (κ1) is 22.4. The molecule has 2 heterocycles. The molecule has 1 saturated carbocycles. The van der Waals surface area contributed by atoms with Crippen LogP contribution in [0.5, 0.6) is 11.5 Å². The lowest BCUT2D eigenvalue weighted by Gasteiger charge is -2.61. The number of aromatic hydroxyl groups is 1. The number of hydrogen-bond donors (Lipinski definition) is 2. The van der Waals surface area contributed by atoms with Gasteiger partial charge in [0, 0.05) is 31.1 Å². The molecule has 0 amide bonds. The molecule has 5 nitrogen and oxygen atoms in total. The van der Waals surface area contributed by atoms with Crippen LogP contribution in [0.25, 0.3) is 0 Å². The van der Waals surface area contributed by atoms with Crippen LogP contribution in [-0.2, 0) is 18.3 Å². The van der Waals surface area contributed by atoms with E-state index < -0.39 is 5.60 Å². The van der Waals surface area contributed by atoms with Gasteiger partial charge in [0.1, 0.15) is 11.5 Å². The molecule has 2 bridgehead atoms. The Morgan fingerprint density at radius 2 is 1.82 bits per heavy atom. The molecule has 2 aliphatic heterocycles. The number of likely N-dealkylation sites (tertiary alicyclic amines) is 2. The molecule has 182 valence electrons. The zero-order chi connectivity index (χ0) is 23.3. The van der Waals surface area contributed by atoms with Gasteiger partial charge in [0.15, 0.2) is 0 Å². The SMILES string of the molecule is COc1ccccc1CCN1CCC23CCN(CC4CC4)C(Cc4ccc(O)cc42)C3(O)CC1. The molecule has 3 atom stereocenters. The Morgan fingerprint density at radius 3 is 2.65 bits per heavy atom. The Balaban J connectivity index is 1.29. The Labute approximate surface area is 203 Å². The van der Waals surface area contributed by atoms with Crippen LogP contribution in [0.1, 0.15) is 48.8 Å². The number of phenols is 1. The molecular formula is C29H38N2O3. The van der Waals surface area contributed by atoms with Gasteiger partial charge >= 0.3 is 0 Å². The Bertz CT molecular complexity index is 1050. The van der Waals surface area contributed by atoms with Crippen LogP contribution < -0.4 is 4.74 Å².